The van der Waals surface area contributed by atoms with Crippen LogP contribution in [0.1, 0.15) is 27.6 Å². The molecule has 0 saturated heterocycles. The molecule has 16 heavy (non-hydrogen) atoms. The Morgan fingerprint density at radius 2 is 2.12 bits per heavy atom. The Labute approximate surface area is 94.9 Å². The second kappa shape index (κ2) is 5.75. The Morgan fingerprint density at radius 1 is 1.44 bits per heavy atom. The molecule has 0 heterocycles. The number of hydrogen-bond donors (Lipinski definition) is 3. The number of aliphatic hydroxyl groups is 2. The van der Waals surface area contributed by atoms with Gasteiger partial charge in [-0.15, -0.1) is 0 Å². The van der Waals surface area contributed by atoms with Crippen LogP contribution in [-0.4, -0.2) is 36.2 Å². The minimum Gasteiger partial charge on any atom is -0.389 e. The van der Waals surface area contributed by atoms with E-state index >= 15 is 0 Å². The van der Waals surface area contributed by atoms with Gasteiger partial charge in [0.2, 0.25) is 0 Å². The molecule has 0 saturated carbocycles. The first-order chi connectivity index (χ1) is 7.60. The van der Waals surface area contributed by atoms with E-state index in [4.69, 9.17) is 0 Å². The molecule has 0 bridgehead atoms. The fourth-order valence-electron chi connectivity index (χ4n) is 1.58. The molecule has 1 aromatic carbocycles. The third-order valence-corrected chi connectivity index (χ3v) is 2.54. The van der Waals surface area contributed by atoms with E-state index in [0.717, 1.165) is 11.8 Å². The zero-order valence-electron chi connectivity index (χ0n) is 9.47. The van der Waals surface area contributed by atoms with Gasteiger partial charge in [0.05, 0.1) is 6.10 Å². The van der Waals surface area contributed by atoms with Crippen molar-refractivity contribution in [2.45, 2.75) is 19.1 Å². The van der Waals surface area contributed by atoms with Crippen LogP contribution in [0.25, 0.3) is 0 Å². The molecular weight excluding hydrogens is 206 g/mol. The van der Waals surface area contributed by atoms with Crippen molar-refractivity contribution in [1.82, 2.24) is 5.32 Å². The molecule has 2 unspecified atom stereocenters. The molecule has 0 radical (unpaired) electrons. The third-order valence-electron chi connectivity index (χ3n) is 2.54. The number of benzene rings is 1. The number of carbonyl (C=O) groups is 1. The zero-order valence-corrected chi connectivity index (χ0v) is 9.47. The van der Waals surface area contributed by atoms with Gasteiger partial charge < -0.3 is 15.5 Å². The summed E-state index contributed by atoms with van der Waals surface area (Å²) in [4.78, 5) is 10.6. The van der Waals surface area contributed by atoms with Crippen LogP contribution < -0.4 is 5.32 Å². The number of aldehydes is 1. The maximum absolute atomic E-state index is 10.6. The quantitative estimate of drug-likeness (QED) is 0.633. The van der Waals surface area contributed by atoms with E-state index in [1.165, 1.54) is 0 Å². The molecule has 2 atom stereocenters. The lowest BCUT2D eigenvalue weighted by molar-refractivity contribution is 0.0198. The summed E-state index contributed by atoms with van der Waals surface area (Å²) in [6.07, 6.45) is -1.14. The lowest BCUT2D eigenvalue weighted by Gasteiger charge is -2.19. The highest BCUT2D eigenvalue weighted by Crippen LogP contribution is 2.21. The molecule has 0 amide bonds. The molecule has 0 fully saturated rings. The van der Waals surface area contributed by atoms with E-state index in [1.807, 2.05) is 6.92 Å². The highest BCUT2D eigenvalue weighted by molar-refractivity contribution is 5.75. The molecule has 4 nitrogen and oxygen atoms in total. The minimum absolute atomic E-state index is 0.298. The van der Waals surface area contributed by atoms with Gasteiger partial charge in [0.15, 0.2) is 0 Å². The van der Waals surface area contributed by atoms with Crippen LogP contribution in [0.5, 0.6) is 0 Å². The summed E-state index contributed by atoms with van der Waals surface area (Å²) in [5.74, 6) is 0. The third kappa shape index (κ3) is 2.88. The van der Waals surface area contributed by atoms with Crippen molar-refractivity contribution in [2.24, 2.45) is 0 Å². The Morgan fingerprint density at radius 3 is 2.69 bits per heavy atom. The number of aryl methyl sites for hydroxylation is 1. The number of likely N-dealkylation sites (N-methyl/N-ethyl adjacent to an activating group) is 1. The van der Waals surface area contributed by atoms with E-state index in [0.29, 0.717) is 17.7 Å². The Balaban J connectivity index is 2.97. The molecule has 1 rings (SSSR count). The lowest BCUT2D eigenvalue weighted by atomic mass is 9.97. The van der Waals surface area contributed by atoms with Crippen molar-refractivity contribution in [1.29, 1.82) is 0 Å². The summed E-state index contributed by atoms with van der Waals surface area (Å²) in [6.45, 7) is 2.13. The van der Waals surface area contributed by atoms with Crippen molar-refractivity contribution in [3.63, 3.8) is 0 Å². The average molecular weight is 223 g/mol. The van der Waals surface area contributed by atoms with Gasteiger partial charge in [0.1, 0.15) is 12.4 Å². The fraction of sp³-hybridized carbons (Fsp3) is 0.417. The van der Waals surface area contributed by atoms with Gasteiger partial charge in [-0.2, -0.15) is 0 Å². The standard InChI is InChI=1S/C12H17NO3/c1-8-3-4-9(7-14)5-10(8)12(16)11(15)6-13-2/h3-5,7,11-13,15-16H,6H2,1-2H3. The van der Waals surface area contributed by atoms with E-state index in [2.05, 4.69) is 5.32 Å². The van der Waals surface area contributed by atoms with Crippen LogP contribution in [0.15, 0.2) is 18.2 Å². The molecule has 0 aliphatic rings. The van der Waals surface area contributed by atoms with Crippen molar-refractivity contribution >= 4 is 6.29 Å². The molecule has 88 valence electrons. The van der Waals surface area contributed by atoms with Crippen LogP contribution in [0.2, 0.25) is 0 Å². The van der Waals surface area contributed by atoms with Crippen molar-refractivity contribution < 1.29 is 15.0 Å². The van der Waals surface area contributed by atoms with Crippen LogP contribution >= 0.6 is 0 Å². The summed E-state index contributed by atoms with van der Waals surface area (Å²) in [6, 6.07) is 5.04. The van der Waals surface area contributed by atoms with Gasteiger partial charge in [-0.3, -0.25) is 4.79 Å². The smallest absolute Gasteiger partial charge is 0.150 e. The Bertz CT molecular complexity index is 365. The number of rotatable bonds is 5. The first-order valence-electron chi connectivity index (χ1n) is 5.16. The van der Waals surface area contributed by atoms with Gasteiger partial charge in [-0.1, -0.05) is 12.1 Å². The molecule has 0 aliphatic heterocycles. The predicted octanol–water partition coefficient (Wildman–Crippen LogP) is 0.421. The summed E-state index contributed by atoms with van der Waals surface area (Å²) in [5, 5.41) is 22.4. The highest BCUT2D eigenvalue weighted by atomic mass is 16.3. The van der Waals surface area contributed by atoms with Crippen molar-refractivity contribution in [3.8, 4) is 0 Å². The van der Waals surface area contributed by atoms with E-state index in [1.54, 1.807) is 25.2 Å². The molecule has 0 spiro atoms. The lowest BCUT2D eigenvalue weighted by Crippen LogP contribution is -2.30. The average Bonchev–Trinajstić information content (AvgIpc) is 2.29. The van der Waals surface area contributed by atoms with Crippen LogP contribution in [0.3, 0.4) is 0 Å². The van der Waals surface area contributed by atoms with Gasteiger partial charge >= 0.3 is 0 Å². The van der Waals surface area contributed by atoms with Crippen LogP contribution in [0, 0.1) is 6.92 Å². The minimum atomic E-state index is -0.979. The molecule has 1 aromatic rings. The number of hydrogen-bond acceptors (Lipinski definition) is 4. The van der Waals surface area contributed by atoms with Gasteiger partial charge in [0.25, 0.3) is 0 Å². The van der Waals surface area contributed by atoms with Crippen LogP contribution in [0.4, 0.5) is 0 Å². The SMILES string of the molecule is CNCC(O)C(O)c1cc(C=O)ccc1C. The maximum Gasteiger partial charge on any atom is 0.150 e. The number of carbonyl (C=O) groups excluding carboxylic acids is 1. The predicted molar refractivity (Wildman–Crippen MR) is 61.5 cm³/mol. The highest BCUT2D eigenvalue weighted by Gasteiger charge is 2.19. The number of nitrogens with one attached hydrogen (secondary N) is 1. The van der Waals surface area contributed by atoms with E-state index in [9.17, 15) is 15.0 Å². The largest absolute Gasteiger partial charge is 0.389 e. The first-order valence-corrected chi connectivity index (χ1v) is 5.16. The maximum atomic E-state index is 10.6. The van der Waals surface area contributed by atoms with Crippen molar-refractivity contribution in [2.75, 3.05) is 13.6 Å². The molecule has 4 heteroatoms. The number of aliphatic hydroxyl groups excluding tert-OH is 2. The normalized spacial score (nSPS) is 14.5. The van der Waals surface area contributed by atoms with Gasteiger partial charge in [0, 0.05) is 12.1 Å². The molecular formula is C12H17NO3. The van der Waals surface area contributed by atoms with E-state index in [-0.39, 0.29) is 0 Å². The second-order valence-corrected chi connectivity index (χ2v) is 3.80. The zero-order chi connectivity index (χ0) is 12.1. The molecule has 0 aliphatic carbocycles. The second-order valence-electron chi connectivity index (χ2n) is 3.80. The Hall–Kier alpha value is -1.23. The first kappa shape index (κ1) is 12.8. The van der Waals surface area contributed by atoms with Crippen LogP contribution in [-0.2, 0) is 0 Å². The Kier molecular flexibility index (Phi) is 4.61. The fourth-order valence-corrected chi connectivity index (χ4v) is 1.58. The van der Waals surface area contributed by atoms with E-state index < -0.39 is 12.2 Å². The molecule has 3 N–H and O–H groups in total. The topological polar surface area (TPSA) is 69.6 Å². The van der Waals surface area contributed by atoms with Gasteiger partial charge in [-0.05, 0) is 31.2 Å². The summed E-state index contributed by atoms with van der Waals surface area (Å²) in [5.41, 5.74) is 1.94. The van der Waals surface area contributed by atoms with Crippen molar-refractivity contribution in [3.05, 3.63) is 34.9 Å². The summed E-state index contributed by atoms with van der Waals surface area (Å²) < 4.78 is 0. The summed E-state index contributed by atoms with van der Waals surface area (Å²) >= 11 is 0. The van der Waals surface area contributed by atoms with Gasteiger partial charge in [-0.25, -0.2) is 0 Å². The monoisotopic (exact) mass is 223 g/mol. The molecule has 0 aromatic heterocycles. The summed E-state index contributed by atoms with van der Waals surface area (Å²) in [7, 11) is 1.70.